The summed E-state index contributed by atoms with van der Waals surface area (Å²) in [7, 11) is 0. The largest absolute Gasteiger partial charge is 0.508 e. The van der Waals surface area contributed by atoms with Gasteiger partial charge in [0.25, 0.3) is 0 Å². The molecular formula is C14H15N3O3. The fraction of sp³-hybridized carbons (Fsp3) is 0.286. The molecule has 104 valence electrons. The number of aromatic hydroxyl groups is 1. The van der Waals surface area contributed by atoms with Crippen molar-refractivity contribution < 1.29 is 15.0 Å². The molecule has 1 aromatic carbocycles. The smallest absolute Gasteiger partial charge is 0.356 e. The number of hydrogen-bond acceptors (Lipinski definition) is 4. The van der Waals surface area contributed by atoms with Crippen molar-refractivity contribution in [3.8, 4) is 17.1 Å². The Bertz CT molecular complexity index is 678. The fourth-order valence-corrected chi connectivity index (χ4v) is 2.62. The summed E-state index contributed by atoms with van der Waals surface area (Å²) in [5.41, 5.74) is 7.44. The number of phenols is 1. The van der Waals surface area contributed by atoms with Crippen LogP contribution < -0.4 is 5.73 Å². The van der Waals surface area contributed by atoms with Crippen LogP contribution in [0.5, 0.6) is 5.75 Å². The van der Waals surface area contributed by atoms with E-state index in [1.165, 1.54) is 0 Å². The topological polar surface area (TPSA) is 101 Å². The number of carboxylic acid groups (broad SMARTS) is 1. The zero-order valence-corrected chi connectivity index (χ0v) is 10.8. The van der Waals surface area contributed by atoms with E-state index in [2.05, 4.69) is 4.98 Å². The van der Waals surface area contributed by atoms with Crippen molar-refractivity contribution >= 4 is 5.97 Å². The van der Waals surface area contributed by atoms with Crippen LogP contribution in [0, 0.1) is 0 Å². The van der Waals surface area contributed by atoms with Crippen molar-refractivity contribution in [2.45, 2.75) is 25.4 Å². The van der Waals surface area contributed by atoms with Gasteiger partial charge in [-0.2, -0.15) is 0 Å². The minimum atomic E-state index is -1.03. The molecule has 1 aromatic heterocycles. The van der Waals surface area contributed by atoms with E-state index in [4.69, 9.17) is 5.73 Å². The Hall–Kier alpha value is -2.34. The first-order chi connectivity index (χ1) is 9.56. The molecule has 2 aromatic rings. The van der Waals surface area contributed by atoms with Crippen LogP contribution >= 0.6 is 0 Å². The van der Waals surface area contributed by atoms with Crippen molar-refractivity contribution in [3.63, 3.8) is 0 Å². The molecular weight excluding hydrogens is 258 g/mol. The maximum Gasteiger partial charge on any atom is 0.356 e. The summed E-state index contributed by atoms with van der Waals surface area (Å²) in [4.78, 5) is 15.5. The number of nitrogens with zero attached hydrogens (tertiary/aromatic N) is 2. The van der Waals surface area contributed by atoms with Crippen molar-refractivity contribution in [2.24, 2.45) is 5.73 Å². The molecule has 0 bridgehead atoms. The number of phenolic OH excluding ortho intramolecular Hbond substituents is 1. The molecule has 1 aliphatic heterocycles. The standard InChI is InChI=1S/C14H15N3O3/c15-9-4-5-11-12(14(19)20)16-13(17(11)7-9)8-2-1-3-10(18)6-8/h1-3,6,9,18H,4-5,7,15H2,(H,19,20). The van der Waals surface area contributed by atoms with Crippen LogP contribution in [-0.4, -0.2) is 31.8 Å². The summed E-state index contributed by atoms with van der Waals surface area (Å²) < 4.78 is 1.85. The highest BCUT2D eigenvalue weighted by molar-refractivity contribution is 5.88. The van der Waals surface area contributed by atoms with E-state index in [-0.39, 0.29) is 17.5 Å². The Labute approximate surface area is 115 Å². The molecule has 2 heterocycles. The molecule has 0 saturated carbocycles. The number of hydrogen-bond donors (Lipinski definition) is 3. The molecule has 4 N–H and O–H groups in total. The normalized spacial score (nSPS) is 17.8. The number of fused-ring (bicyclic) bond motifs is 1. The number of aromatic nitrogens is 2. The van der Waals surface area contributed by atoms with Crippen LogP contribution in [-0.2, 0) is 13.0 Å². The van der Waals surface area contributed by atoms with Crippen molar-refractivity contribution in [2.75, 3.05) is 0 Å². The van der Waals surface area contributed by atoms with Gasteiger partial charge < -0.3 is 20.5 Å². The molecule has 6 heteroatoms. The number of imidazole rings is 1. The average Bonchev–Trinajstić information content (AvgIpc) is 2.77. The van der Waals surface area contributed by atoms with Crippen molar-refractivity contribution in [1.29, 1.82) is 0 Å². The van der Waals surface area contributed by atoms with E-state index in [1.807, 2.05) is 4.57 Å². The third kappa shape index (κ3) is 2.04. The Morgan fingerprint density at radius 1 is 1.45 bits per heavy atom. The van der Waals surface area contributed by atoms with Gasteiger partial charge in [0.2, 0.25) is 0 Å². The number of carbonyl (C=O) groups is 1. The lowest BCUT2D eigenvalue weighted by molar-refractivity contribution is 0.0689. The van der Waals surface area contributed by atoms with E-state index < -0.39 is 5.97 Å². The van der Waals surface area contributed by atoms with Gasteiger partial charge in [0.15, 0.2) is 5.69 Å². The summed E-state index contributed by atoms with van der Waals surface area (Å²) in [6, 6.07) is 6.63. The second-order valence-corrected chi connectivity index (χ2v) is 5.00. The van der Waals surface area contributed by atoms with Crippen molar-refractivity contribution in [3.05, 3.63) is 35.7 Å². The lowest BCUT2D eigenvalue weighted by atomic mass is 10.0. The number of rotatable bonds is 2. The van der Waals surface area contributed by atoms with Gasteiger partial charge in [-0.05, 0) is 25.0 Å². The predicted octanol–water partition coefficient (Wildman–Crippen LogP) is 1.23. The molecule has 20 heavy (non-hydrogen) atoms. The summed E-state index contributed by atoms with van der Waals surface area (Å²) in [6.45, 7) is 0.542. The van der Waals surface area contributed by atoms with Gasteiger partial charge in [0.05, 0.1) is 5.69 Å². The Kier molecular flexibility index (Phi) is 2.94. The third-order valence-electron chi connectivity index (χ3n) is 3.55. The first-order valence-corrected chi connectivity index (χ1v) is 6.44. The highest BCUT2D eigenvalue weighted by atomic mass is 16.4. The maximum absolute atomic E-state index is 11.3. The lowest BCUT2D eigenvalue weighted by Gasteiger charge is -2.22. The van der Waals surface area contributed by atoms with Gasteiger partial charge in [-0.1, -0.05) is 12.1 Å². The molecule has 1 unspecified atom stereocenters. The van der Waals surface area contributed by atoms with Crippen LogP contribution in [0.15, 0.2) is 24.3 Å². The number of benzene rings is 1. The lowest BCUT2D eigenvalue weighted by Crippen LogP contribution is -2.32. The fourth-order valence-electron chi connectivity index (χ4n) is 2.62. The van der Waals surface area contributed by atoms with E-state index in [1.54, 1.807) is 24.3 Å². The number of carboxylic acids is 1. The first-order valence-electron chi connectivity index (χ1n) is 6.44. The molecule has 0 amide bonds. The van der Waals surface area contributed by atoms with Gasteiger partial charge in [-0.25, -0.2) is 9.78 Å². The van der Waals surface area contributed by atoms with E-state index in [0.29, 0.717) is 30.0 Å². The van der Waals surface area contributed by atoms with Crippen molar-refractivity contribution in [1.82, 2.24) is 9.55 Å². The van der Waals surface area contributed by atoms with E-state index in [0.717, 1.165) is 6.42 Å². The van der Waals surface area contributed by atoms with Gasteiger partial charge in [0.1, 0.15) is 11.6 Å². The van der Waals surface area contributed by atoms with Gasteiger partial charge in [0, 0.05) is 18.2 Å². The second kappa shape index (κ2) is 4.64. The molecule has 1 atom stereocenters. The summed E-state index contributed by atoms with van der Waals surface area (Å²) in [5, 5.41) is 18.8. The highest BCUT2D eigenvalue weighted by Crippen LogP contribution is 2.28. The molecule has 0 fully saturated rings. The van der Waals surface area contributed by atoms with Crippen LogP contribution in [0.1, 0.15) is 22.6 Å². The van der Waals surface area contributed by atoms with Gasteiger partial charge in [-0.3, -0.25) is 0 Å². The number of aromatic carboxylic acids is 1. The zero-order chi connectivity index (χ0) is 14.3. The van der Waals surface area contributed by atoms with Crippen LogP contribution in [0.4, 0.5) is 0 Å². The molecule has 0 radical (unpaired) electrons. The highest BCUT2D eigenvalue weighted by Gasteiger charge is 2.27. The minimum Gasteiger partial charge on any atom is -0.508 e. The first kappa shape index (κ1) is 12.7. The van der Waals surface area contributed by atoms with Crippen LogP contribution in [0.3, 0.4) is 0 Å². The van der Waals surface area contributed by atoms with Gasteiger partial charge >= 0.3 is 5.97 Å². The molecule has 3 rings (SSSR count). The molecule has 0 aliphatic carbocycles. The van der Waals surface area contributed by atoms with E-state index in [9.17, 15) is 15.0 Å². The molecule has 1 aliphatic rings. The quantitative estimate of drug-likeness (QED) is 0.763. The minimum absolute atomic E-state index is 0.00518. The number of nitrogens with two attached hydrogens (primary N) is 1. The maximum atomic E-state index is 11.3. The zero-order valence-electron chi connectivity index (χ0n) is 10.8. The Morgan fingerprint density at radius 3 is 2.95 bits per heavy atom. The van der Waals surface area contributed by atoms with Crippen LogP contribution in [0.2, 0.25) is 0 Å². The molecule has 6 nitrogen and oxygen atoms in total. The summed E-state index contributed by atoms with van der Waals surface area (Å²) in [6.07, 6.45) is 1.36. The molecule has 0 saturated heterocycles. The predicted molar refractivity (Wildman–Crippen MR) is 72.6 cm³/mol. The van der Waals surface area contributed by atoms with E-state index >= 15 is 0 Å². The second-order valence-electron chi connectivity index (χ2n) is 5.00. The monoisotopic (exact) mass is 273 g/mol. The third-order valence-corrected chi connectivity index (χ3v) is 3.55. The average molecular weight is 273 g/mol. The molecule has 0 spiro atoms. The SMILES string of the molecule is NC1CCc2c(C(=O)O)nc(-c3cccc(O)c3)n2C1. The summed E-state index contributed by atoms with van der Waals surface area (Å²) >= 11 is 0. The summed E-state index contributed by atoms with van der Waals surface area (Å²) in [5.74, 6) is -0.365. The van der Waals surface area contributed by atoms with Crippen LogP contribution in [0.25, 0.3) is 11.4 Å². The Morgan fingerprint density at radius 2 is 2.25 bits per heavy atom. The van der Waals surface area contributed by atoms with Gasteiger partial charge in [-0.15, -0.1) is 0 Å². The Balaban J connectivity index is 2.18.